The number of benzene rings is 2. The lowest BCUT2D eigenvalue weighted by atomic mass is 10.00. The predicted octanol–water partition coefficient (Wildman–Crippen LogP) is 3.37. The molecule has 76 valence electrons. The highest BCUT2D eigenvalue weighted by atomic mass is 16.3. The number of rotatable bonds is 2. The Bertz CT molecular complexity index is 512. The average Bonchev–Trinajstić information content (AvgIpc) is 2.27. The molecule has 1 heteroatoms. The summed E-state index contributed by atoms with van der Waals surface area (Å²) < 4.78 is 0. The SMILES string of the molecule is C=C(C)c1ccc2cccc(CO)c2c1. The first-order valence-electron chi connectivity index (χ1n) is 5.01. The van der Waals surface area contributed by atoms with Crippen LogP contribution < -0.4 is 0 Å². The smallest absolute Gasteiger partial charge is 0.0687 e. The van der Waals surface area contributed by atoms with Gasteiger partial charge in [0, 0.05) is 0 Å². The second kappa shape index (κ2) is 3.87. The van der Waals surface area contributed by atoms with Gasteiger partial charge in [-0.15, -0.1) is 0 Å². The van der Waals surface area contributed by atoms with Crippen molar-refractivity contribution < 1.29 is 5.11 Å². The molecule has 0 spiro atoms. The van der Waals surface area contributed by atoms with E-state index in [-0.39, 0.29) is 6.61 Å². The van der Waals surface area contributed by atoms with Crippen LogP contribution >= 0.6 is 0 Å². The van der Waals surface area contributed by atoms with Crippen molar-refractivity contribution in [2.45, 2.75) is 13.5 Å². The Morgan fingerprint density at radius 3 is 2.73 bits per heavy atom. The standard InChI is InChI=1S/C14H14O/c1-10(2)12-7-6-11-4-3-5-13(9-15)14(11)8-12/h3-8,15H,1,9H2,2H3. The summed E-state index contributed by atoms with van der Waals surface area (Å²) in [6.45, 7) is 5.99. The number of aliphatic hydroxyl groups excluding tert-OH is 1. The summed E-state index contributed by atoms with van der Waals surface area (Å²) in [7, 11) is 0. The second-order valence-electron chi connectivity index (χ2n) is 3.79. The molecular weight excluding hydrogens is 184 g/mol. The third kappa shape index (κ3) is 1.79. The molecule has 0 aliphatic heterocycles. The Morgan fingerprint density at radius 2 is 2.07 bits per heavy atom. The molecule has 0 amide bonds. The van der Waals surface area contributed by atoms with Crippen LogP contribution in [0.4, 0.5) is 0 Å². The second-order valence-corrected chi connectivity index (χ2v) is 3.79. The highest BCUT2D eigenvalue weighted by molar-refractivity contribution is 5.88. The Labute approximate surface area is 89.7 Å². The normalized spacial score (nSPS) is 10.5. The molecule has 0 aliphatic carbocycles. The van der Waals surface area contributed by atoms with Crippen molar-refractivity contribution in [2.24, 2.45) is 0 Å². The van der Waals surface area contributed by atoms with E-state index < -0.39 is 0 Å². The third-order valence-electron chi connectivity index (χ3n) is 2.64. The number of fused-ring (bicyclic) bond motifs is 1. The Hall–Kier alpha value is -1.60. The van der Waals surface area contributed by atoms with Crippen molar-refractivity contribution in [2.75, 3.05) is 0 Å². The van der Waals surface area contributed by atoms with Gasteiger partial charge in [0.1, 0.15) is 0 Å². The molecule has 0 aliphatic rings. The van der Waals surface area contributed by atoms with Crippen LogP contribution in [0.25, 0.3) is 16.3 Å². The van der Waals surface area contributed by atoms with Crippen molar-refractivity contribution in [1.29, 1.82) is 0 Å². The zero-order chi connectivity index (χ0) is 10.8. The Kier molecular flexibility index (Phi) is 2.57. The molecule has 1 nitrogen and oxygen atoms in total. The molecule has 0 saturated heterocycles. The zero-order valence-corrected chi connectivity index (χ0v) is 8.83. The van der Waals surface area contributed by atoms with Crippen LogP contribution in [0.2, 0.25) is 0 Å². The lowest BCUT2D eigenvalue weighted by Gasteiger charge is -2.06. The molecule has 15 heavy (non-hydrogen) atoms. The summed E-state index contributed by atoms with van der Waals surface area (Å²) in [6.07, 6.45) is 0. The first-order valence-corrected chi connectivity index (χ1v) is 5.01. The number of hydrogen-bond acceptors (Lipinski definition) is 1. The van der Waals surface area contributed by atoms with Crippen molar-refractivity contribution >= 4 is 16.3 Å². The van der Waals surface area contributed by atoms with E-state index >= 15 is 0 Å². The minimum Gasteiger partial charge on any atom is -0.392 e. The van der Waals surface area contributed by atoms with E-state index in [9.17, 15) is 5.11 Å². The monoisotopic (exact) mass is 198 g/mol. The minimum atomic E-state index is 0.0803. The van der Waals surface area contributed by atoms with Crippen LogP contribution in [0.5, 0.6) is 0 Å². The van der Waals surface area contributed by atoms with Gasteiger partial charge in [0.15, 0.2) is 0 Å². The van der Waals surface area contributed by atoms with Crippen LogP contribution in [0.3, 0.4) is 0 Å². The fraction of sp³-hybridized carbons (Fsp3) is 0.143. The summed E-state index contributed by atoms with van der Waals surface area (Å²) in [5, 5.41) is 11.5. The van der Waals surface area contributed by atoms with Crippen molar-refractivity contribution in [3.8, 4) is 0 Å². The molecule has 2 aromatic carbocycles. The third-order valence-corrected chi connectivity index (χ3v) is 2.64. The van der Waals surface area contributed by atoms with E-state index in [0.717, 1.165) is 27.5 Å². The predicted molar refractivity (Wildman–Crippen MR) is 64.6 cm³/mol. The van der Waals surface area contributed by atoms with Gasteiger partial charge < -0.3 is 5.11 Å². The Balaban J connectivity index is 2.72. The average molecular weight is 198 g/mol. The van der Waals surface area contributed by atoms with Gasteiger partial charge in [0.05, 0.1) is 6.61 Å². The molecule has 0 fully saturated rings. The highest BCUT2D eigenvalue weighted by Gasteiger charge is 2.01. The van der Waals surface area contributed by atoms with Gasteiger partial charge in [-0.1, -0.05) is 42.5 Å². The van der Waals surface area contributed by atoms with Crippen molar-refractivity contribution in [3.05, 3.63) is 54.1 Å². The van der Waals surface area contributed by atoms with Crippen molar-refractivity contribution in [3.63, 3.8) is 0 Å². The fourth-order valence-corrected chi connectivity index (χ4v) is 1.74. The fourth-order valence-electron chi connectivity index (χ4n) is 1.74. The summed E-state index contributed by atoms with van der Waals surface area (Å²) in [4.78, 5) is 0. The van der Waals surface area contributed by atoms with Crippen LogP contribution in [0, 0.1) is 0 Å². The number of allylic oxidation sites excluding steroid dienone is 1. The molecule has 0 radical (unpaired) electrons. The van der Waals surface area contributed by atoms with Gasteiger partial charge in [-0.2, -0.15) is 0 Å². The maximum absolute atomic E-state index is 9.24. The minimum absolute atomic E-state index is 0.0803. The van der Waals surface area contributed by atoms with E-state index in [1.54, 1.807) is 0 Å². The topological polar surface area (TPSA) is 20.2 Å². The van der Waals surface area contributed by atoms with E-state index in [0.29, 0.717) is 0 Å². The molecule has 0 atom stereocenters. The molecule has 0 bridgehead atoms. The van der Waals surface area contributed by atoms with Gasteiger partial charge in [-0.25, -0.2) is 0 Å². The molecule has 2 aromatic rings. The molecule has 0 aromatic heterocycles. The Morgan fingerprint density at radius 1 is 1.27 bits per heavy atom. The van der Waals surface area contributed by atoms with Gasteiger partial charge in [0.25, 0.3) is 0 Å². The lowest BCUT2D eigenvalue weighted by molar-refractivity contribution is 0.283. The van der Waals surface area contributed by atoms with Crippen molar-refractivity contribution in [1.82, 2.24) is 0 Å². The highest BCUT2D eigenvalue weighted by Crippen LogP contribution is 2.23. The maximum Gasteiger partial charge on any atom is 0.0687 e. The number of hydrogen-bond donors (Lipinski definition) is 1. The van der Waals surface area contributed by atoms with Gasteiger partial charge in [0.2, 0.25) is 0 Å². The van der Waals surface area contributed by atoms with Crippen LogP contribution in [0.1, 0.15) is 18.1 Å². The van der Waals surface area contributed by atoms with Crippen LogP contribution in [0.15, 0.2) is 43.0 Å². The first-order chi connectivity index (χ1) is 7.22. The summed E-state index contributed by atoms with van der Waals surface area (Å²) in [5.41, 5.74) is 3.14. The van der Waals surface area contributed by atoms with Crippen LogP contribution in [-0.4, -0.2) is 5.11 Å². The summed E-state index contributed by atoms with van der Waals surface area (Å²) in [5.74, 6) is 0. The van der Waals surface area contributed by atoms with Gasteiger partial charge in [-0.05, 0) is 34.9 Å². The molecule has 0 heterocycles. The first kappa shape index (κ1) is 9.94. The molecule has 0 saturated carbocycles. The van der Waals surface area contributed by atoms with E-state index in [4.69, 9.17) is 0 Å². The van der Waals surface area contributed by atoms with E-state index in [1.807, 2.05) is 19.1 Å². The molecule has 2 rings (SSSR count). The maximum atomic E-state index is 9.24. The van der Waals surface area contributed by atoms with E-state index in [2.05, 4.69) is 30.8 Å². The lowest BCUT2D eigenvalue weighted by Crippen LogP contribution is -1.87. The quantitative estimate of drug-likeness (QED) is 0.784. The summed E-state index contributed by atoms with van der Waals surface area (Å²) >= 11 is 0. The molecule has 0 unspecified atom stereocenters. The summed E-state index contributed by atoms with van der Waals surface area (Å²) in [6, 6.07) is 12.2. The number of aliphatic hydroxyl groups is 1. The zero-order valence-electron chi connectivity index (χ0n) is 8.83. The van der Waals surface area contributed by atoms with Gasteiger partial charge in [-0.3, -0.25) is 0 Å². The van der Waals surface area contributed by atoms with E-state index in [1.165, 1.54) is 0 Å². The van der Waals surface area contributed by atoms with Gasteiger partial charge >= 0.3 is 0 Å². The van der Waals surface area contributed by atoms with Crippen LogP contribution in [-0.2, 0) is 6.61 Å². The molecular formula is C14H14O. The molecule has 1 N–H and O–H groups in total. The largest absolute Gasteiger partial charge is 0.392 e.